The molecule has 2 saturated heterocycles. The summed E-state index contributed by atoms with van der Waals surface area (Å²) in [6.45, 7) is 5.00. The number of hydrogen-bond acceptors (Lipinski definition) is 2. The second-order valence-corrected chi connectivity index (χ2v) is 1.50. The Bertz CT molecular complexity index is 25.2. The smallest absolute Gasteiger partial charge is 0.00772 e. The minimum absolute atomic E-state index is 0. The van der Waals surface area contributed by atoms with Crippen molar-refractivity contribution in [3.63, 3.8) is 0 Å². The fourth-order valence-corrected chi connectivity index (χ4v) is 0. The van der Waals surface area contributed by atoms with Crippen molar-refractivity contribution in [1.29, 1.82) is 0 Å². The molecule has 0 spiro atoms. The Morgan fingerprint density at radius 1 is 0.714 bits per heavy atom. The maximum absolute atomic E-state index is 3.00. The summed E-state index contributed by atoms with van der Waals surface area (Å²) in [5.41, 5.74) is 0. The second-order valence-electron chi connectivity index (χ2n) is 1.50. The maximum Gasteiger partial charge on any atom is 0.00772 e. The van der Waals surface area contributed by atoms with Gasteiger partial charge in [0.15, 0.2) is 0 Å². The van der Waals surface area contributed by atoms with Crippen LogP contribution in [0.15, 0.2) is 0 Å². The van der Waals surface area contributed by atoms with Crippen molar-refractivity contribution in [2.75, 3.05) is 26.2 Å². The van der Waals surface area contributed by atoms with Crippen LogP contribution >= 0.6 is 0 Å². The Kier molecular flexibility index (Phi) is 5.37. The van der Waals surface area contributed by atoms with E-state index in [1.165, 1.54) is 26.2 Å². The first-order chi connectivity index (χ1) is 3.00. The van der Waals surface area contributed by atoms with Crippen LogP contribution in [-0.4, -0.2) is 50.1 Å². The van der Waals surface area contributed by atoms with Crippen molar-refractivity contribution >= 4 is 23.9 Å². The number of rotatable bonds is 0. The third-order valence-electron chi connectivity index (χ3n) is 0.500. The van der Waals surface area contributed by atoms with E-state index in [0.717, 1.165) is 0 Å². The third kappa shape index (κ3) is 20.2. The van der Waals surface area contributed by atoms with Crippen LogP contribution in [-0.2, 0) is 0 Å². The topological polar surface area (TPSA) is 43.9 Å². The Balaban J connectivity index is 0.0000000900. The SMILES string of the molecule is C1CN1.C1CN1.[Sn]. The van der Waals surface area contributed by atoms with Gasteiger partial charge in [-0.15, -0.1) is 0 Å². The van der Waals surface area contributed by atoms with Gasteiger partial charge in [-0.25, -0.2) is 0 Å². The van der Waals surface area contributed by atoms with Crippen molar-refractivity contribution in [2.45, 2.75) is 0 Å². The maximum atomic E-state index is 3.00. The van der Waals surface area contributed by atoms with Gasteiger partial charge in [0.2, 0.25) is 0 Å². The van der Waals surface area contributed by atoms with Crippen LogP contribution in [0.5, 0.6) is 0 Å². The van der Waals surface area contributed by atoms with Crippen molar-refractivity contribution in [3.05, 3.63) is 0 Å². The molecule has 2 aliphatic heterocycles. The van der Waals surface area contributed by atoms with E-state index in [4.69, 9.17) is 0 Å². The molecule has 40 valence electrons. The Morgan fingerprint density at radius 3 is 0.857 bits per heavy atom. The van der Waals surface area contributed by atoms with Crippen LogP contribution in [0.3, 0.4) is 0 Å². The van der Waals surface area contributed by atoms with Gasteiger partial charge < -0.3 is 10.6 Å². The molecule has 0 aromatic carbocycles. The van der Waals surface area contributed by atoms with E-state index in [9.17, 15) is 0 Å². The average molecular weight is 205 g/mol. The zero-order chi connectivity index (χ0) is 4.24. The molecule has 0 aromatic rings. The van der Waals surface area contributed by atoms with Crippen LogP contribution in [0, 0.1) is 0 Å². The predicted octanol–water partition coefficient (Wildman–Crippen LogP) is -1.20. The molecule has 4 radical (unpaired) electrons. The minimum atomic E-state index is 0. The van der Waals surface area contributed by atoms with Crippen molar-refractivity contribution in [1.82, 2.24) is 10.6 Å². The van der Waals surface area contributed by atoms with Gasteiger partial charge in [-0.2, -0.15) is 0 Å². The molecule has 3 heteroatoms. The van der Waals surface area contributed by atoms with E-state index in [0.29, 0.717) is 0 Å². The van der Waals surface area contributed by atoms with Gasteiger partial charge in [0, 0.05) is 50.1 Å². The molecular weight excluding hydrogens is 195 g/mol. The van der Waals surface area contributed by atoms with Gasteiger partial charge >= 0.3 is 0 Å². The van der Waals surface area contributed by atoms with Crippen LogP contribution < -0.4 is 10.6 Å². The van der Waals surface area contributed by atoms with E-state index in [2.05, 4.69) is 10.6 Å². The third-order valence-corrected chi connectivity index (χ3v) is 0.500. The van der Waals surface area contributed by atoms with E-state index < -0.39 is 0 Å². The summed E-state index contributed by atoms with van der Waals surface area (Å²) in [4.78, 5) is 0. The second kappa shape index (κ2) is 4.87. The summed E-state index contributed by atoms with van der Waals surface area (Å²) >= 11 is 0. The van der Waals surface area contributed by atoms with Crippen molar-refractivity contribution in [3.8, 4) is 0 Å². The van der Waals surface area contributed by atoms with Gasteiger partial charge in [-0.05, 0) is 0 Å². The molecule has 2 N–H and O–H groups in total. The summed E-state index contributed by atoms with van der Waals surface area (Å²) in [5, 5.41) is 6.00. The molecule has 2 heterocycles. The normalized spacial score (nSPS) is 20.6. The summed E-state index contributed by atoms with van der Waals surface area (Å²) in [7, 11) is 0. The molecular formula is C4H10N2Sn. The summed E-state index contributed by atoms with van der Waals surface area (Å²) < 4.78 is 0. The van der Waals surface area contributed by atoms with E-state index in [1.807, 2.05) is 0 Å². The zero-order valence-electron chi connectivity index (χ0n) is 4.33. The fraction of sp³-hybridized carbons (Fsp3) is 1.00. The van der Waals surface area contributed by atoms with E-state index in [1.54, 1.807) is 0 Å². The Morgan fingerprint density at radius 2 is 0.857 bits per heavy atom. The summed E-state index contributed by atoms with van der Waals surface area (Å²) in [6.07, 6.45) is 0. The first kappa shape index (κ1) is 7.72. The molecule has 0 aliphatic carbocycles. The largest absolute Gasteiger partial charge is 0.314 e. The van der Waals surface area contributed by atoms with Gasteiger partial charge in [-0.3, -0.25) is 0 Å². The van der Waals surface area contributed by atoms with Crippen LogP contribution in [0.25, 0.3) is 0 Å². The Hall–Kier alpha value is 0.719. The van der Waals surface area contributed by atoms with Gasteiger partial charge in [0.25, 0.3) is 0 Å². The van der Waals surface area contributed by atoms with Crippen LogP contribution in [0.4, 0.5) is 0 Å². The van der Waals surface area contributed by atoms with E-state index in [-0.39, 0.29) is 23.9 Å². The van der Waals surface area contributed by atoms with Gasteiger partial charge in [0.05, 0.1) is 0 Å². The monoisotopic (exact) mass is 206 g/mol. The number of hydrogen-bond donors (Lipinski definition) is 2. The molecule has 2 aliphatic rings. The van der Waals surface area contributed by atoms with Gasteiger partial charge in [-0.1, -0.05) is 0 Å². The van der Waals surface area contributed by atoms with Gasteiger partial charge in [0.1, 0.15) is 0 Å². The molecule has 2 nitrogen and oxygen atoms in total. The van der Waals surface area contributed by atoms with E-state index >= 15 is 0 Å². The molecule has 2 rings (SSSR count). The summed E-state index contributed by atoms with van der Waals surface area (Å²) in [5.74, 6) is 0. The molecule has 7 heavy (non-hydrogen) atoms. The standard InChI is InChI=1S/2C2H5N.Sn/c2*1-2-3-1;/h2*3H,1-2H2;. The fourth-order valence-electron chi connectivity index (χ4n) is 0. The average Bonchev–Trinajstić information content (AvgIpc) is 2.31. The van der Waals surface area contributed by atoms with Crippen LogP contribution in [0.2, 0.25) is 0 Å². The molecule has 2 fully saturated rings. The predicted molar refractivity (Wildman–Crippen MR) is 31.5 cm³/mol. The Labute approximate surface area is 61.0 Å². The molecule has 0 bridgehead atoms. The van der Waals surface area contributed by atoms with Crippen molar-refractivity contribution < 1.29 is 0 Å². The molecule has 0 aromatic heterocycles. The first-order valence-corrected chi connectivity index (χ1v) is 2.41. The molecule has 0 unspecified atom stereocenters. The quantitative estimate of drug-likeness (QED) is 0.385. The first-order valence-electron chi connectivity index (χ1n) is 2.41. The number of nitrogens with one attached hydrogen (secondary N) is 2. The molecule has 0 saturated carbocycles. The summed E-state index contributed by atoms with van der Waals surface area (Å²) in [6, 6.07) is 0. The molecule has 0 atom stereocenters. The van der Waals surface area contributed by atoms with Crippen molar-refractivity contribution in [2.24, 2.45) is 0 Å². The van der Waals surface area contributed by atoms with Crippen LogP contribution in [0.1, 0.15) is 0 Å². The minimum Gasteiger partial charge on any atom is -0.314 e. The molecule has 0 amide bonds. The zero-order valence-corrected chi connectivity index (χ0v) is 7.18.